The van der Waals surface area contributed by atoms with E-state index >= 15 is 0 Å². The maximum Gasteiger partial charge on any atom is 0.459 e. The van der Waals surface area contributed by atoms with E-state index in [1.165, 1.54) is 29.9 Å². The average molecular weight is 783 g/mol. The van der Waals surface area contributed by atoms with Gasteiger partial charge < -0.3 is 33.3 Å². The molecule has 2 aromatic heterocycles. The van der Waals surface area contributed by atoms with E-state index < -0.39 is 74.1 Å². The molecule has 19 heteroatoms. The highest BCUT2D eigenvalue weighted by Crippen LogP contribution is 2.50. The van der Waals surface area contributed by atoms with Crippen molar-refractivity contribution >= 4 is 43.3 Å². The van der Waals surface area contributed by atoms with Gasteiger partial charge in [-0.3, -0.25) is 18.9 Å². The monoisotopic (exact) mass is 782 g/mol. The van der Waals surface area contributed by atoms with E-state index in [1.54, 1.807) is 64.4 Å². The SMILES string of the molecule is COC(=O)C(C)N[P@](=O)(OC[C@@]1(C#N)O[C@@H](c2ccc3c(N=CN4CCN(C)CC4)ncnn23)[C@H](OC(=O)C(C)C)[C@@H]1OC(=O)C(C)C)Oc1ccccc1. The second-order valence-corrected chi connectivity index (χ2v) is 15.6. The number of carbonyl (C=O) groups is 3. The molecule has 1 N–H and O–H groups in total. The number of esters is 3. The third-order valence-corrected chi connectivity index (χ3v) is 10.6. The Balaban J connectivity index is 1.56. The van der Waals surface area contributed by atoms with E-state index in [0.717, 1.165) is 33.3 Å². The number of piperazine rings is 1. The first kappa shape index (κ1) is 41.2. The number of hydrogen-bond donors (Lipinski definition) is 1. The predicted molar refractivity (Wildman–Crippen MR) is 197 cm³/mol. The number of nitrogens with zero attached hydrogens (tertiary/aromatic N) is 7. The maximum atomic E-state index is 14.4. The van der Waals surface area contributed by atoms with Crippen molar-refractivity contribution in [3.8, 4) is 11.8 Å². The number of fused-ring (bicyclic) bond motifs is 1. The fourth-order valence-electron chi connectivity index (χ4n) is 5.76. The molecule has 5 rings (SSSR count). The van der Waals surface area contributed by atoms with Crippen molar-refractivity contribution in [2.75, 3.05) is 46.9 Å². The third-order valence-electron chi connectivity index (χ3n) is 8.98. The van der Waals surface area contributed by atoms with Crippen molar-refractivity contribution in [3.63, 3.8) is 0 Å². The summed E-state index contributed by atoms with van der Waals surface area (Å²) in [7, 11) is -1.32. The third kappa shape index (κ3) is 9.67. The van der Waals surface area contributed by atoms with Gasteiger partial charge in [-0.25, -0.2) is 19.1 Å². The number of nitriles is 1. The normalized spacial score (nSPS) is 23.4. The number of ether oxygens (including phenoxy) is 4. The van der Waals surface area contributed by atoms with Gasteiger partial charge in [0.15, 0.2) is 18.0 Å². The largest absolute Gasteiger partial charge is 0.468 e. The van der Waals surface area contributed by atoms with E-state index in [2.05, 4.69) is 43.1 Å². The van der Waals surface area contributed by atoms with Crippen molar-refractivity contribution < 1.29 is 46.9 Å². The van der Waals surface area contributed by atoms with E-state index in [4.69, 9.17) is 28.0 Å². The van der Waals surface area contributed by atoms with Gasteiger partial charge in [0, 0.05) is 26.2 Å². The van der Waals surface area contributed by atoms with Crippen LogP contribution in [-0.2, 0) is 42.4 Å². The number of aromatic nitrogens is 3. The molecule has 2 aliphatic rings. The first-order valence-corrected chi connectivity index (χ1v) is 19.4. The van der Waals surface area contributed by atoms with Crippen LogP contribution in [0.4, 0.5) is 5.82 Å². The second-order valence-electron chi connectivity index (χ2n) is 13.9. The van der Waals surface area contributed by atoms with Gasteiger partial charge in [0.25, 0.3) is 0 Å². The molecule has 1 unspecified atom stereocenters. The Hall–Kier alpha value is -4.92. The van der Waals surface area contributed by atoms with Crippen LogP contribution in [0, 0.1) is 23.2 Å². The van der Waals surface area contributed by atoms with Gasteiger partial charge in [-0.2, -0.15) is 15.4 Å². The number of benzene rings is 1. The first-order valence-electron chi connectivity index (χ1n) is 17.8. The molecule has 4 heterocycles. The Morgan fingerprint density at radius 1 is 1.04 bits per heavy atom. The number of methoxy groups -OCH3 is 1. The number of para-hydroxylation sites is 1. The van der Waals surface area contributed by atoms with Crippen molar-refractivity contribution in [1.82, 2.24) is 29.5 Å². The predicted octanol–water partition coefficient (Wildman–Crippen LogP) is 3.46. The molecule has 0 saturated carbocycles. The van der Waals surface area contributed by atoms with Crippen LogP contribution in [0.3, 0.4) is 0 Å². The molecule has 2 fully saturated rings. The van der Waals surface area contributed by atoms with Gasteiger partial charge in [-0.1, -0.05) is 45.9 Å². The fourth-order valence-corrected chi connectivity index (χ4v) is 7.28. The minimum absolute atomic E-state index is 0.114. The Morgan fingerprint density at radius 3 is 2.35 bits per heavy atom. The maximum absolute atomic E-state index is 14.4. The Morgan fingerprint density at radius 2 is 1.71 bits per heavy atom. The lowest BCUT2D eigenvalue weighted by molar-refractivity contribution is -0.173. The van der Waals surface area contributed by atoms with Gasteiger partial charge in [-0.15, -0.1) is 0 Å². The first-order chi connectivity index (χ1) is 26.2. The second kappa shape index (κ2) is 17.7. The van der Waals surface area contributed by atoms with Gasteiger partial charge in [0.05, 0.1) is 31.0 Å². The zero-order valence-electron chi connectivity index (χ0n) is 31.9. The molecule has 0 bridgehead atoms. The Kier molecular flexibility index (Phi) is 13.3. The summed E-state index contributed by atoms with van der Waals surface area (Å²) in [6.45, 7) is 10.3. The molecule has 0 spiro atoms. The lowest BCUT2D eigenvalue weighted by Gasteiger charge is -2.31. The number of aliphatic imine (C=N–C) groups is 1. The van der Waals surface area contributed by atoms with Gasteiger partial charge in [0.1, 0.15) is 42.4 Å². The zero-order valence-corrected chi connectivity index (χ0v) is 32.8. The van der Waals surface area contributed by atoms with Crippen molar-refractivity contribution in [3.05, 3.63) is 54.5 Å². The Labute approximate surface area is 319 Å². The quantitative estimate of drug-likeness (QED) is 0.0770. The molecule has 2 saturated heterocycles. The minimum atomic E-state index is -4.54. The smallest absolute Gasteiger partial charge is 0.459 e. The highest BCUT2D eigenvalue weighted by atomic mass is 31.2. The standard InChI is InChI=1S/C36H47N8O10P/c1-23(2)33(45)51-30-29(27-13-14-28-32(38-21-40-44(27)28)39-22-43-17-15-42(6)16-18-43)53-36(19-37,31(30)52-34(46)24(3)4)20-50-55(48,41-25(5)35(47)49-7)54-26-11-9-8-10-12-26/h8-14,21-25,29-31H,15-18,20H2,1-7H3,(H,41,48)/t25?,29-,30-,31-,36+,55-/m0/s1. The molecule has 0 aliphatic carbocycles. The van der Waals surface area contributed by atoms with E-state index in [-0.39, 0.29) is 5.75 Å². The van der Waals surface area contributed by atoms with Crippen LogP contribution in [0.2, 0.25) is 0 Å². The number of carbonyl (C=O) groups excluding carboxylic acids is 3. The molecule has 55 heavy (non-hydrogen) atoms. The lowest BCUT2D eigenvalue weighted by atomic mass is 9.95. The van der Waals surface area contributed by atoms with Gasteiger partial charge >= 0.3 is 25.7 Å². The lowest BCUT2D eigenvalue weighted by Crippen LogP contribution is -2.50. The molecule has 3 aromatic rings. The zero-order chi connectivity index (χ0) is 39.9. The van der Waals surface area contributed by atoms with Crippen LogP contribution >= 0.6 is 7.75 Å². The summed E-state index contributed by atoms with van der Waals surface area (Å²) >= 11 is 0. The summed E-state index contributed by atoms with van der Waals surface area (Å²) in [5.74, 6) is -3.01. The van der Waals surface area contributed by atoms with E-state index in [0.29, 0.717) is 17.0 Å². The number of likely N-dealkylation sites (N-methyl/N-ethyl adjacent to an activating group) is 1. The molecule has 1 aromatic carbocycles. The van der Waals surface area contributed by atoms with E-state index in [1.807, 2.05) is 0 Å². The summed E-state index contributed by atoms with van der Waals surface area (Å²) in [4.78, 5) is 52.2. The number of nitrogens with one attached hydrogen (secondary N) is 1. The van der Waals surface area contributed by atoms with Crippen LogP contribution in [0.1, 0.15) is 46.4 Å². The number of hydrogen-bond acceptors (Lipinski definition) is 15. The molecule has 2 aliphatic heterocycles. The van der Waals surface area contributed by atoms with Crippen LogP contribution in [0.5, 0.6) is 5.75 Å². The summed E-state index contributed by atoms with van der Waals surface area (Å²) in [5, 5.41) is 17.9. The summed E-state index contributed by atoms with van der Waals surface area (Å²) in [5.41, 5.74) is -1.48. The number of rotatable bonds is 15. The van der Waals surface area contributed by atoms with Gasteiger partial charge in [0.2, 0.25) is 5.60 Å². The van der Waals surface area contributed by atoms with Crippen LogP contribution in [0.15, 0.2) is 53.8 Å². The van der Waals surface area contributed by atoms with E-state index in [9.17, 15) is 24.2 Å². The molecule has 18 nitrogen and oxygen atoms in total. The molecule has 296 valence electrons. The minimum Gasteiger partial charge on any atom is -0.468 e. The molecule has 0 radical (unpaired) electrons. The molecular formula is C36H47N8O10P. The van der Waals surface area contributed by atoms with Crippen molar-refractivity contribution in [2.45, 2.75) is 64.6 Å². The van der Waals surface area contributed by atoms with Crippen LogP contribution in [-0.4, -0.2) is 119 Å². The fraction of sp³-hybridized carbons (Fsp3) is 0.528. The topological polar surface area (TPSA) is 209 Å². The van der Waals surface area contributed by atoms with Crippen molar-refractivity contribution in [1.29, 1.82) is 5.26 Å². The molecular weight excluding hydrogens is 735 g/mol. The summed E-state index contributed by atoms with van der Waals surface area (Å²) in [6.07, 6.45) is -1.31. The molecule has 6 atom stereocenters. The highest BCUT2D eigenvalue weighted by molar-refractivity contribution is 7.52. The summed E-state index contributed by atoms with van der Waals surface area (Å²) in [6, 6.07) is 12.2. The average Bonchev–Trinajstić information content (AvgIpc) is 3.73. The van der Waals surface area contributed by atoms with Crippen molar-refractivity contribution in [2.24, 2.45) is 16.8 Å². The molecule has 0 amide bonds. The summed E-state index contributed by atoms with van der Waals surface area (Å²) < 4.78 is 50.7. The highest BCUT2D eigenvalue weighted by Gasteiger charge is 2.62. The van der Waals surface area contributed by atoms with Crippen LogP contribution in [0.25, 0.3) is 5.52 Å². The Bertz CT molecular complexity index is 1940. The van der Waals surface area contributed by atoms with Gasteiger partial charge in [-0.05, 0) is 38.2 Å². The van der Waals surface area contributed by atoms with Crippen LogP contribution < -0.4 is 9.61 Å².